The average Bonchev–Trinajstić information content (AvgIpc) is 3.07. The third-order valence-electron chi connectivity index (χ3n) is 5.87. The molecule has 6 nitrogen and oxygen atoms in total. The Balaban J connectivity index is 1.54. The summed E-state index contributed by atoms with van der Waals surface area (Å²) in [7, 11) is 0. The minimum absolute atomic E-state index is 0.0703. The van der Waals surface area contributed by atoms with Crippen LogP contribution in [-0.2, 0) is 14.3 Å². The predicted octanol–water partition coefficient (Wildman–Crippen LogP) is 2.19. The van der Waals surface area contributed by atoms with Crippen LogP contribution < -0.4 is 10.1 Å². The third-order valence-corrected chi connectivity index (χ3v) is 5.87. The van der Waals surface area contributed by atoms with Crippen LogP contribution in [0.4, 0.5) is 0 Å². The number of carbonyl (C=O) groups is 2. The maximum Gasteiger partial charge on any atom is 0.243 e. The van der Waals surface area contributed by atoms with Gasteiger partial charge in [-0.25, -0.2) is 0 Å². The molecule has 2 fully saturated rings. The third kappa shape index (κ3) is 3.18. The molecular formula is C20H26N2O4. The maximum absolute atomic E-state index is 12.9. The van der Waals surface area contributed by atoms with Crippen molar-refractivity contribution in [3.63, 3.8) is 0 Å². The minimum atomic E-state index is -0.439. The van der Waals surface area contributed by atoms with Gasteiger partial charge in [-0.1, -0.05) is 18.2 Å². The van der Waals surface area contributed by atoms with Gasteiger partial charge >= 0.3 is 0 Å². The highest BCUT2D eigenvalue weighted by Gasteiger charge is 2.43. The summed E-state index contributed by atoms with van der Waals surface area (Å²) in [6.07, 6.45) is 3.77. The molecule has 3 aliphatic heterocycles. The van der Waals surface area contributed by atoms with Crippen molar-refractivity contribution in [2.24, 2.45) is 0 Å². The molecule has 140 valence electrons. The van der Waals surface area contributed by atoms with Gasteiger partial charge in [0.25, 0.3) is 0 Å². The van der Waals surface area contributed by atoms with Gasteiger partial charge in [-0.15, -0.1) is 0 Å². The molecule has 2 amide bonds. The monoisotopic (exact) mass is 358 g/mol. The van der Waals surface area contributed by atoms with Crippen molar-refractivity contribution in [3.8, 4) is 5.75 Å². The first kappa shape index (κ1) is 17.3. The van der Waals surface area contributed by atoms with Crippen molar-refractivity contribution in [1.82, 2.24) is 10.2 Å². The number of para-hydroxylation sites is 1. The highest BCUT2D eigenvalue weighted by atomic mass is 16.5. The van der Waals surface area contributed by atoms with Crippen LogP contribution in [0.25, 0.3) is 0 Å². The molecule has 1 aromatic rings. The standard InChI is InChI=1S/C20H26N2O4/c1-14(22-10-4-7-18(22)23)19(24)21-16-13-20(8-11-25-12-9-20)26-17-6-3-2-5-15(16)17/h2-3,5-6,14,16H,4,7-13H2,1H3,(H,21,24)/t14-,16-/m0/s1. The molecule has 3 heterocycles. The van der Waals surface area contributed by atoms with E-state index >= 15 is 0 Å². The second-order valence-corrected chi connectivity index (χ2v) is 7.57. The summed E-state index contributed by atoms with van der Waals surface area (Å²) in [4.78, 5) is 26.5. The summed E-state index contributed by atoms with van der Waals surface area (Å²) in [6.45, 7) is 3.84. The van der Waals surface area contributed by atoms with E-state index in [0.29, 0.717) is 26.2 Å². The van der Waals surface area contributed by atoms with Crippen LogP contribution in [0.1, 0.15) is 50.6 Å². The molecule has 0 bridgehead atoms. The van der Waals surface area contributed by atoms with Gasteiger partial charge in [0, 0.05) is 37.8 Å². The Morgan fingerprint density at radius 2 is 2.08 bits per heavy atom. The van der Waals surface area contributed by atoms with E-state index in [2.05, 4.69) is 5.32 Å². The Morgan fingerprint density at radius 1 is 1.31 bits per heavy atom. The number of rotatable bonds is 3. The zero-order chi connectivity index (χ0) is 18.1. The molecule has 2 saturated heterocycles. The molecule has 1 spiro atoms. The Morgan fingerprint density at radius 3 is 2.81 bits per heavy atom. The average molecular weight is 358 g/mol. The highest BCUT2D eigenvalue weighted by molar-refractivity contribution is 5.88. The van der Waals surface area contributed by atoms with Gasteiger partial charge in [0.05, 0.1) is 19.3 Å². The molecule has 0 aromatic heterocycles. The molecule has 6 heteroatoms. The van der Waals surface area contributed by atoms with E-state index in [1.807, 2.05) is 31.2 Å². The van der Waals surface area contributed by atoms with Crippen LogP contribution >= 0.6 is 0 Å². The number of hydrogen-bond acceptors (Lipinski definition) is 4. The number of hydrogen-bond donors (Lipinski definition) is 1. The smallest absolute Gasteiger partial charge is 0.243 e. The van der Waals surface area contributed by atoms with Crippen LogP contribution in [0.5, 0.6) is 5.75 Å². The minimum Gasteiger partial charge on any atom is -0.487 e. The molecule has 0 unspecified atom stereocenters. The zero-order valence-electron chi connectivity index (χ0n) is 15.2. The van der Waals surface area contributed by atoms with Crippen molar-refractivity contribution in [2.45, 2.75) is 56.7 Å². The number of ether oxygens (including phenoxy) is 2. The lowest BCUT2D eigenvalue weighted by molar-refractivity contribution is -0.137. The van der Waals surface area contributed by atoms with E-state index in [4.69, 9.17) is 9.47 Å². The lowest BCUT2D eigenvalue weighted by Gasteiger charge is -2.44. The van der Waals surface area contributed by atoms with Gasteiger partial charge < -0.3 is 19.7 Å². The van der Waals surface area contributed by atoms with Crippen LogP contribution in [0.2, 0.25) is 0 Å². The van der Waals surface area contributed by atoms with Crippen LogP contribution in [0.15, 0.2) is 24.3 Å². The van der Waals surface area contributed by atoms with Gasteiger partial charge in [-0.2, -0.15) is 0 Å². The molecule has 0 saturated carbocycles. The first-order valence-corrected chi connectivity index (χ1v) is 9.54. The topological polar surface area (TPSA) is 67.9 Å². The quantitative estimate of drug-likeness (QED) is 0.899. The first-order valence-electron chi connectivity index (χ1n) is 9.54. The maximum atomic E-state index is 12.9. The molecule has 1 N–H and O–H groups in total. The molecule has 2 atom stereocenters. The Hall–Kier alpha value is -2.08. The largest absolute Gasteiger partial charge is 0.487 e. The number of carbonyl (C=O) groups excluding carboxylic acids is 2. The molecule has 26 heavy (non-hydrogen) atoms. The molecule has 0 radical (unpaired) electrons. The van der Waals surface area contributed by atoms with Crippen LogP contribution in [-0.4, -0.2) is 48.1 Å². The fraction of sp³-hybridized carbons (Fsp3) is 0.600. The summed E-state index contributed by atoms with van der Waals surface area (Å²) in [5.74, 6) is 0.820. The van der Waals surface area contributed by atoms with Crippen molar-refractivity contribution in [3.05, 3.63) is 29.8 Å². The number of nitrogens with zero attached hydrogens (tertiary/aromatic N) is 1. The number of fused-ring (bicyclic) bond motifs is 1. The number of benzene rings is 1. The highest BCUT2D eigenvalue weighted by Crippen LogP contribution is 2.43. The summed E-state index contributed by atoms with van der Waals surface area (Å²) in [5, 5.41) is 3.19. The molecule has 4 rings (SSSR count). The van der Waals surface area contributed by atoms with E-state index in [-0.39, 0.29) is 23.5 Å². The van der Waals surface area contributed by atoms with Gasteiger partial charge in [0.15, 0.2) is 0 Å². The lowest BCUT2D eigenvalue weighted by atomic mass is 9.82. The molecule has 0 aliphatic carbocycles. The fourth-order valence-corrected chi connectivity index (χ4v) is 4.31. The number of nitrogens with one attached hydrogen (secondary N) is 1. The molecular weight excluding hydrogens is 332 g/mol. The van der Waals surface area contributed by atoms with E-state index in [0.717, 1.165) is 37.0 Å². The van der Waals surface area contributed by atoms with Crippen molar-refractivity contribution >= 4 is 11.8 Å². The van der Waals surface area contributed by atoms with Crippen LogP contribution in [0, 0.1) is 0 Å². The van der Waals surface area contributed by atoms with E-state index in [9.17, 15) is 9.59 Å². The SMILES string of the molecule is C[C@@H](C(=O)N[C@H]1CC2(CCOCC2)Oc2ccccc21)N1CCCC1=O. The summed E-state index contributed by atoms with van der Waals surface area (Å²) >= 11 is 0. The van der Waals surface area contributed by atoms with E-state index in [1.165, 1.54) is 0 Å². The zero-order valence-corrected chi connectivity index (χ0v) is 15.2. The Labute approximate surface area is 153 Å². The van der Waals surface area contributed by atoms with Crippen molar-refractivity contribution in [2.75, 3.05) is 19.8 Å². The van der Waals surface area contributed by atoms with Crippen molar-refractivity contribution in [1.29, 1.82) is 0 Å². The normalized spacial score (nSPS) is 25.5. The Bertz CT molecular complexity index is 699. The first-order chi connectivity index (χ1) is 12.6. The molecule has 3 aliphatic rings. The summed E-state index contributed by atoms with van der Waals surface area (Å²) < 4.78 is 11.9. The second-order valence-electron chi connectivity index (χ2n) is 7.57. The van der Waals surface area contributed by atoms with Crippen LogP contribution in [0.3, 0.4) is 0 Å². The summed E-state index contributed by atoms with van der Waals surface area (Å²) in [5.41, 5.74) is 0.731. The number of likely N-dealkylation sites (tertiary alicyclic amines) is 1. The van der Waals surface area contributed by atoms with Gasteiger partial charge in [0.2, 0.25) is 11.8 Å². The van der Waals surface area contributed by atoms with E-state index in [1.54, 1.807) is 4.90 Å². The molecule has 1 aromatic carbocycles. The van der Waals surface area contributed by atoms with E-state index < -0.39 is 6.04 Å². The van der Waals surface area contributed by atoms with Crippen molar-refractivity contribution < 1.29 is 19.1 Å². The van der Waals surface area contributed by atoms with Gasteiger partial charge in [-0.3, -0.25) is 9.59 Å². The number of amides is 2. The predicted molar refractivity (Wildman–Crippen MR) is 95.8 cm³/mol. The summed E-state index contributed by atoms with van der Waals surface area (Å²) in [6, 6.07) is 7.37. The second kappa shape index (κ2) is 6.91. The Kier molecular flexibility index (Phi) is 4.61. The lowest BCUT2D eigenvalue weighted by Crippen LogP contribution is -2.51. The van der Waals surface area contributed by atoms with Gasteiger partial charge in [0.1, 0.15) is 17.4 Å². The fourth-order valence-electron chi connectivity index (χ4n) is 4.31. The van der Waals surface area contributed by atoms with Gasteiger partial charge in [-0.05, 0) is 19.4 Å².